The summed E-state index contributed by atoms with van der Waals surface area (Å²) < 4.78 is 0. The molecule has 0 unspecified atom stereocenters. The molecule has 1 aromatic rings. The molecule has 0 aromatic heterocycles. The zero-order chi connectivity index (χ0) is 8.27. The molecule has 3 heteroatoms. The molecule has 1 rings (SSSR count). The maximum absolute atomic E-state index is 10.4. The van der Waals surface area contributed by atoms with Crippen LogP contribution in [0.5, 0.6) is 0 Å². The van der Waals surface area contributed by atoms with Crippen LogP contribution >= 0.6 is 12.4 Å². The van der Waals surface area contributed by atoms with Gasteiger partial charge in [0.25, 0.3) is 0 Å². The molecule has 0 heterocycles. The van der Waals surface area contributed by atoms with Crippen molar-refractivity contribution in [2.75, 3.05) is 0 Å². The summed E-state index contributed by atoms with van der Waals surface area (Å²) >= 11 is 0. The number of carboxylic acids is 1. The molecule has 0 aliphatic carbocycles. The fourth-order valence-electron chi connectivity index (χ4n) is 0.742. The predicted molar refractivity (Wildman–Crippen MR) is 48.6 cm³/mol. The molecule has 1 aromatic carbocycles. The Hall–Kier alpha value is -1.46. The lowest BCUT2D eigenvalue weighted by Gasteiger charge is -1.93. The molecule has 0 saturated heterocycles. The third kappa shape index (κ3) is 2.30. The van der Waals surface area contributed by atoms with Gasteiger partial charge < -0.3 is 5.11 Å². The number of benzene rings is 1. The van der Waals surface area contributed by atoms with Gasteiger partial charge in [-0.1, -0.05) is 12.0 Å². The second-order valence-electron chi connectivity index (χ2n) is 2.03. The van der Waals surface area contributed by atoms with Crippen molar-refractivity contribution in [1.29, 1.82) is 0 Å². The van der Waals surface area contributed by atoms with Crippen molar-refractivity contribution >= 4 is 18.4 Å². The molecule has 0 atom stereocenters. The van der Waals surface area contributed by atoms with Crippen LogP contribution in [-0.2, 0) is 0 Å². The van der Waals surface area contributed by atoms with Gasteiger partial charge in [0.15, 0.2) is 0 Å². The SMILES string of the molecule is C#Cc1cccc(C(=O)O)c1.Cl. The number of halogens is 1. The highest BCUT2D eigenvalue weighted by molar-refractivity contribution is 5.87. The van der Waals surface area contributed by atoms with Crippen molar-refractivity contribution < 1.29 is 9.90 Å². The summed E-state index contributed by atoms with van der Waals surface area (Å²) in [6, 6.07) is 6.27. The molecule has 0 aliphatic heterocycles. The molecule has 1 N–H and O–H groups in total. The molecule has 0 radical (unpaired) electrons. The molecule has 0 saturated carbocycles. The first-order valence-corrected chi connectivity index (χ1v) is 3.04. The Morgan fingerprint density at radius 1 is 1.50 bits per heavy atom. The van der Waals surface area contributed by atoms with Gasteiger partial charge in [0.2, 0.25) is 0 Å². The normalized spacial score (nSPS) is 7.92. The van der Waals surface area contributed by atoms with E-state index in [2.05, 4.69) is 5.92 Å². The first-order chi connectivity index (χ1) is 5.24. The Labute approximate surface area is 76.6 Å². The standard InChI is InChI=1S/C9H6O2.ClH/c1-2-7-4-3-5-8(6-7)9(10)11;/h1,3-6H,(H,10,11);1H. The highest BCUT2D eigenvalue weighted by atomic mass is 35.5. The quantitative estimate of drug-likeness (QED) is 0.673. The van der Waals surface area contributed by atoms with Crippen LogP contribution in [0.1, 0.15) is 15.9 Å². The fourth-order valence-corrected chi connectivity index (χ4v) is 0.742. The lowest BCUT2D eigenvalue weighted by atomic mass is 10.1. The highest BCUT2D eigenvalue weighted by Gasteiger charge is 2.00. The first-order valence-electron chi connectivity index (χ1n) is 3.04. The summed E-state index contributed by atoms with van der Waals surface area (Å²) in [7, 11) is 0. The number of rotatable bonds is 1. The second-order valence-corrected chi connectivity index (χ2v) is 2.03. The summed E-state index contributed by atoms with van der Waals surface area (Å²) in [5, 5.41) is 8.54. The van der Waals surface area contributed by atoms with Crippen molar-refractivity contribution in [2.24, 2.45) is 0 Å². The van der Waals surface area contributed by atoms with Crippen molar-refractivity contribution in [3.8, 4) is 12.3 Å². The van der Waals surface area contributed by atoms with Crippen LogP contribution in [0.15, 0.2) is 24.3 Å². The van der Waals surface area contributed by atoms with Gasteiger partial charge in [0.1, 0.15) is 0 Å². The zero-order valence-corrected chi connectivity index (χ0v) is 6.97. The minimum Gasteiger partial charge on any atom is -0.478 e. The Kier molecular flexibility index (Phi) is 3.89. The molecule has 0 amide bonds. The van der Waals surface area contributed by atoms with Crippen LogP contribution in [0.4, 0.5) is 0 Å². The molecule has 0 bridgehead atoms. The van der Waals surface area contributed by atoms with Crippen molar-refractivity contribution in [2.45, 2.75) is 0 Å². The van der Waals surface area contributed by atoms with Crippen molar-refractivity contribution in [1.82, 2.24) is 0 Å². The topological polar surface area (TPSA) is 37.3 Å². The van der Waals surface area contributed by atoms with E-state index in [1.165, 1.54) is 12.1 Å². The predicted octanol–water partition coefficient (Wildman–Crippen LogP) is 1.79. The fraction of sp³-hybridized carbons (Fsp3) is 0. The van der Waals surface area contributed by atoms with Crippen LogP contribution in [0.25, 0.3) is 0 Å². The van der Waals surface area contributed by atoms with Gasteiger partial charge in [-0.3, -0.25) is 0 Å². The maximum atomic E-state index is 10.4. The number of hydrogen-bond acceptors (Lipinski definition) is 1. The van der Waals surface area contributed by atoms with Gasteiger partial charge in [-0.25, -0.2) is 4.79 Å². The molecule has 12 heavy (non-hydrogen) atoms. The third-order valence-corrected chi connectivity index (χ3v) is 1.28. The van der Waals surface area contributed by atoms with E-state index in [1.54, 1.807) is 12.1 Å². The van der Waals surface area contributed by atoms with Gasteiger partial charge >= 0.3 is 5.97 Å². The summed E-state index contributed by atoms with van der Waals surface area (Å²) in [5.74, 6) is 1.40. The average Bonchev–Trinajstić information content (AvgIpc) is 2.05. The minimum absolute atomic E-state index is 0. The lowest BCUT2D eigenvalue weighted by Crippen LogP contribution is -1.95. The van der Waals surface area contributed by atoms with E-state index in [0.717, 1.165) is 0 Å². The van der Waals surface area contributed by atoms with Crippen LogP contribution in [0, 0.1) is 12.3 Å². The molecule has 2 nitrogen and oxygen atoms in total. The Morgan fingerprint density at radius 2 is 2.17 bits per heavy atom. The van der Waals surface area contributed by atoms with Gasteiger partial charge in [-0.05, 0) is 18.2 Å². The van der Waals surface area contributed by atoms with E-state index in [9.17, 15) is 4.79 Å². The number of carbonyl (C=O) groups is 1. The highest BCUT2D eigenvalue weighted by Crippen LogP contribution is 2.02. The zero-order valence-electron chi connectivity index (χ0n) is 6.15. The van der Waals surface area contributed by atoms with Gasteiger partial charge in [0, 0.05) is 5.56 Å². The molecule has 62 valence electrons. The van der Waals surface area contributed by atoms with E-state index in [1.807, 2.05) is 0 Å². The van der Waals surface area contributed by atoms with E-state index < -0.39 is 5.97 Å². The van der Waals surface area contributed by atoms with Gasteiger partial charge in [-0.15, -0.1) is 18.8 Å². The summed E-state index contributed by atoms with van der Waals surface area (Å²) in [6.07, 6.45) is 5.08. The van der Waals surface area contributed by atoms with Crippen molar-refractivity contribution in [3.05, 3.63) is 35.4 Å². The molecule has 0 spiro atoms. The van der Waals surface area contributed by atoms with Crippen LogP contribution in [0.3, 0.4) is 0 Å². The Bertz CT molecular complexity index is 326. The lowest BCUT2D eigenvalue weighted by molar-refractivity contribution is 0.0697. The summed E-state index contributed by atoms with van der Waals surface area (Å²) in [5.41, 5.74) is 0.811. The van der Waals surface area contributed by atoms with Crippen LogP contribution < -0.4 is 0 Å². The number of aromatic carboxylic acids is 1. The molecule has 0 fully saturated rings. The third-order valence-electron chi connectivity index (χ3n) is 1.28. The van der Waals surface area contributed by atoms with Crippen LogP contribution in [-0.4, -0.2) is 11.1 Å². The Balaban J connectivity index is 0.00000121. The first kappa shape index (κ1) is 10.5. The van der Waals surface area contributed by atoms with E-state index in [4.69, 9.17) is 11.5 Å². The van der Waals surface area contributed by atoms with E-state index in [0.29, 0.717) is 5.56 Å². The number of carboxylic acid groups (broad SMARTS) is 1. The second kappa shape index (κ2) is 4.42. The molecular formula is C9H7ClO2. The smallest absolute Gasteiger partial charge is 0.335 e. The molecular weight excluding hydrogens is 176 g/mol. The largest absolute Gasteiger partial charge is 0.478 e. The summed E-state index contributed by atoms with van der Waals surface area (Å²) in [6.45, 7) is 0. The minimum atomic E-state index is -0.956. The maximum Gasteiger partial charge on any atom is 0.335 e. The monoisotopic (exact) mass is 182 g/mol. The number of terminal acetylenes is 1. The van der Waals surface area contributed by atoms with Gasteiger partial charge in [0.05, 0.1) is 5.56 Å². The van der Waals surface area contributed by atoms with Crippen LogP contribution in [0.2, 0.25) is 0 Å². The van der Waals surface area contributed by atoms with E-state index in [-0.39, 0.29) is 18.0 Å². The van der Waals surface area contributed by atoms with E-state index >= 15 is 0 Å². The molecule has 0 aliphatic rings. The van der Waals surface area contributed by atoms with Gasteiger partial charge in [-0.2, -0.15) is 0 Å². The number of hydrogen-bond donors (Lipinski definition) is 1. The average molecular weight is 183 g/mol. The van der Waals surface area contributed by atoms with Crippen molar-refractivity contribution in [3.63, 3.8) is 0 Å². The Morgan fingerprint density at radius 3 is 2.67 bits per heavy atom. The summed E-state index contributed by atoms with van der Waals surface area (Å²) in [4.78, 5) is 10.4.